The molecule has 0 atom stereocenters. The highest BCUT2D eigenvalue weighted by molar-refractivity contribution is 5.18. The van der Waals surface area contributed by atoms with Crippen LogP contribution in [0, 0.1) is 9.81 Å². The number of hydrogen-bond acceptors (Lipinski definition) is 6. The van der Waals surface area contributed by atoms with Gasteiger partial charge in [-0.3, -0.25) is 0 Å². The lowest BCUT2D eigenvalue weighted by Gasteiger charge is -2.26. The van der Waals surface area contributed by atoms with Crippen molar-refractivity contribution in [3.8, 4) is 0 Å². The fourth-order valence-corrected chi connectivity index (χ4v) is 1.24. The summed E-state index contributed by atoms with van der Waals surface area (Å²) in [5.41, 5.74) is 7.58. The standard InChI is InChI=1S/C10H18N4O2/c1-7(12-15)9(3)14(6-5-11)10(4)8(2)13-16/h5-6,11H2,1-4H3/b9-7-,10-8+. The van der Waals surface area contributed by atoms with Crippen LogP contribution >= 0.6 is 0 Å². The molecule has 0 unspecified atom stereocenters. The Morgan fingerprint density at radius 3 is 1.62 bits per heavy atom. The largest absolute Gasteiger partial charge is 0.344 e. The lowest BCUT2D eigenvalue weighted by Crippen LogP contribution is -2.27. The minimum absolute atomic E-state index is 0.367. The van der Waals surface area contributed by atoms with E-state index in [0.717, 1.165) is 0 Å². The number of nitroso groups, excluding NO2 is 2. The Balaban J connectivity index is 5.33. The fraction of sp³-hybridized carbons (Fsp3) is 0.600. The van der Waals surface area contributed by atoms with Crippen molar-refractivity contribution in [3.05, 3.63) is 32.6 Å². The molecular weight excluding hydrogens is 208 g/mol. The number of nitrogens with zero attached hydrogens (tertiary/aromatic N) is 3. The molecule has 0 aromatic rings. The van der Waals surface area contributed by atoms with E-state index in [1.54, 1.807) is 32.6 Å². The molecule has 0 fully saturated rings. The third-order valence-electron chi connectivity index (χ3n) is 2.48. The van der Waals surface area contributed by atoms with E-state index < -0.39 is 0 Å². The zero-order chi connectivity index (χ0) is 12.7. The molecule has 2 N–H and O–H groups in total. The van der Waals surface area contributed by atoms with E-state index in [2.05, 4.69) is 10.4 Å². The van der Waals surface area contributed by atoms with Gasteiger partial charge in [-0.1, -0.05) is 0 Å². The monoisotopic (exact) mass is 226 g/mol. The predicted octanol–water partition coefficient (Wildman–Crippen LogP) is 2.28. The smallest absolute Gasteiger partial charge is 0.101 e. The van der Waals surface area contributed by atoms with Gasteiger partial charge in [0.2, 0.25) is 0 Å². The minimum Gasteiger partial charge on any atom is -0.344 e. The molecule has 6 heteroatoms. The predicted molar refractivity (Wildman–Crippen MR) is 64.1 cm³/mol. The van der Waals surface area contributed by atoms with Crippen LogP contribution in [0.25, 0.3) is 0 Å². The van der Waals surface area contributed by atoms with Gasteiger partial charge in [-0.2, -0.15) is 0 Å². The van der Waals surface area contributed by atoms with E-state index in [1.807, 2.05) is 0 Å². The van der Waals surface area contributed by atoms with Gasteiger partial charge in [0, 0.05) is 24.5 Å². The first-order valence-corrected chi connectivity index (χ1v) is 4.98. The second-order valence-corrected chi connectivity index (χ2v) is 3.46. The summed E-state index contributed by atoms with van der Waals surface area (Å²) in [5.74, 6) is 0. The Bertz CT molecular complexity index is 304. The second kappa shape index (κ2) is 6.84. The molecule has 0 bridgehead atoms. The number of hydrogen-bond donors (Lipinski definition) is 1. The molecule has 0 aliphatic heterocycles. The minimum atomic E-state index is 0.367. The first kappa shape index (κ1) is 14.4. The third kappa shape index (κ3) is 3.54. The Morgan fingerprint density at radius 1 is 1.00 bits per heavy atom. The van der Waals surface area contributed by atoms with Crippen molar-refractivity contribution in [1.82, 2.24) is 4.90 Å². The van der Waals surface area contributed by atoms with Crippen LogP contribution in [0.1, 0.15) is 27.7 Å². The fourth-order valence-electron chi connectivity index (χ4n) is 1.24. The highest BCUT2D eigenvalue weighted by atomic mass is 16.3. The maximum Gasteiger partial charge on any atom is 0.101 e. The molecule has 0 amide bonds. The molecule has 90 valence electrons. The molecule has 0 saturated heterocycles. The number of allylic oxidation sites excluding steroid dienone is 4. The van der Waals surface area contributed by atoms with E-state index in [0.29, 0.717) is 35.9 Å². The van der Waals surface area contributed by atoms with E-state index in [4.69, 9.17) is 5.73 Å². The average Bonchev–Trinajstić information content (AvgIpc) is 2.32. The van der Waals surface area contributed by atoms with Gasteiger partial charge in [0.25, 0.3) is 0 Å². The molecular formula is C10H18N4O2. The molecule has 0 aromatic heterocycles. The lowest BCUT2D eigenvalue weighted by atomic mass is 10.2. The molecule has 16 heavy (non-hydrogen) atoms. The molecule has 0 radical (unpaired) electrons. The van der Waals surface area contributed by atoms with Crippen molar-refractivity contribution in [2.75, 3.05) is 13.1 Å². The van der Waals surface area contributed by atoms with E-state index in [9.17, 15) is 9.81 Å². The third-order valence-corrected chi connectivity index (χ3v) is 2.48. The van der Waals surface area contributed by atoms with E-state index >= 15 is 0 Å². The molecule has 0 aromatic carbocycles. The Kier molecular flexibility index (Phi) is 6.17. The average molecular weight is 226 g/mol. The van der Waals surface area contributed by atoms with Crippen LogP contribution in [0.4, 0.5) is 0 Å². The van der Waals surface area contributed by atoms with Crippen molar-refractivity contribution in [3.63, 3.8) is 0 Å². The van der Waals surface area contributed by atoms with Crippen molar-refractivity contribution < 1.29 is 0 Å². The van der Waals surface area contributed by atoms with Crippen LogP contribution in [0.2, 0.25) is 0 Å². The van der Waals surface area contributed by atoms with Crippen molar-refractivity contribution >= 4 is 0 Å². The maximum atomic E-state index is 10.4. The second-order valence-electron chi connectivity index (χ2n) is 3.46. The highest BCUT2D eigenvalue weighted by Gasteiger charge is 2.12. The zero-order valence-corrected chi connectivity index (χ0v) is 10.1. The molecule has 0 saturated carbocycles. The van der Waals surface area contributed by atoms with Gasteiger partial charge in [0.1, 0.15) is 11.4 Å². The highest BCUT2D eigenvalue weighted by Crippen LogP contribution is 2.19. The number of rotatable bonds is 6. The summed E-state index contributed by atoms with van der Waals surface area (Å²) in [4.78, 5) is 22.7. The summed E-state index contributed by atoms with van der Waals surface area (Å²) in [6, 6.07) is 0. The molecule has 0 aliphatic carbocycles. The normalized spacial score (nSPS) is 13.8. The molecule has 0 aliphatic rings. The van der Waals surface area contributed by atoms with Gasteiger partial charge in [-0.05, 0) is 38.0 Å². The van der Waals surface area contributed by atoms with Gasteiger partial charge in [-0.15, -0.1) is 9.81 Å². The zero-order valence-electron chi connectivity index (χ0n) is 10.1. The molecule has 0 heterocycles. The summed E-state index contributed by atoms with van der Waals surface area (Å²) in [7, 11) is 0. The van der Waals surface area contributed by atoms with E-state index in [1.165, 1.54) is 0 Å². The summed E-state index contributed by atoms with van der Waals surface area (Å²) >= 11 is 0. The van der Waals surface area contributed by atoms with Gasteiger partial charge >= 0.3 is 0 Å². The van der Waals surface area contributed by atoms with Gasteiger partial charge < -0.3 is 10.6 Å². The molecule has 6 nitrogen and oxygen atoms in total. The van der Waals surface area contributed by atoms with Crippen LogP contribution in [-0.2, 0) is 0 Å². The first-order valence-electron chi connectivity index (χ1n) is 4.98. The van der Waals surface area contributed by atoms with Crippen molar-refractivity contribution in [2.45, 2.75) is 27.7 Å². The van der Waals surface area contributed by atoms with Crippen molar-refractivity contribution in [2.24, 2.45) is 16.1 Å². The molecule has 0 spiro atoms. The first-order chi connectivity index (χ1) is 7.49. The quantitative estimate of drug-likeness (QED) is 0.704. The topological polar surface area (TPSA) is 88.1 Å². The van der Waals surface area contributed by atoms with Crippen LogP contribution < -0.4 is 5.73 Å². The summed E-state index contributed by atoms with van der Waals surface area (Å²) in [5, 5.41) is 5.75. The van der Waals surface area contributed by atoms with Gasteiger partial charge in [-0.25, -0.2) is 0 Å². The molecule has 0 rings (SSSR count). The van der Waals surface area contributed by atoms with Crippen LogP contribution in [0.15, 0.2) is 33.1 Å². The maximum absolute atomic E-state index is 10.4. The Labute approximate surface area is 95.1 Å². The number of nitrogens with two attached hydrogens (primary N) is 1. The summed E-state index contributed by atoms with van der Waals surface area (Å²) in [6.45, 7) is 7.66. The van der Waals surface area contributed by atoms with Crippen LogP contribution in [-0.4, -0.2) is 18.0 Å². The summed E-state index contributed by atoms with van der Waals surface area (Å²) in [6.07, 6.45) is 0. The summed E-state index contributed by atoms with van der Waals surface area (Å²) < 4.78 is 0. The van der Waals surface area contributed by atoms with Crippen LogP contribution in [0.5, 0.6) is 0 Å². The Hall–Kier alpha value is -1.56. The Morgan fingerprint density at radius 2 is 1.38 bits per heavy atom. The lowest BCUT2D eigenvalue weighted by molar-refractivity contribution is 0.427. The SMILES string of the molecule is C/C(N=O)=C(\C)N(CCN)/C(C)=C(\C)N=O. The van der Waals surface area contributed by atoms with E-state index in [-0.39, 0.29) is 0 Å². The van der Waals surface area contributed by atoms with Crippen LogP contribution in [0.3, 0.4) is 0 Å². The van der Waals surface area contributed by atoms with Gasteiger partial charge in [0.15, 0.2) is 0 Å². The van der Waals surface area contributed by atoms with Crippen molar-refractivity contribution in [1.29, 1.82) is 0 Å². The van der Waals surface area contributed by atoms with Gasteiger partial charge in [0.05, 0.1) is 0 Å².